The topological polar surface area (TPSA) is 0 Å². The maximum absolute atomic E-state index is 2.26. The molecule has 0 aliphatic heterocycles. The van der Waals surface area contributed by atoms with Gasteiger partial charge in [-0.15, -0.1) is 0 Å². The van der Waals surface area contributed by atoms with Crippen LogP contribution in [0.5, 0.6) is 0 Å². The fourth-order valence-electron chi connectivity index (χ4n) is 0.786. The van der Waals surface area contributed by atoms with Crippen molar-refractivity contribution < 1.29 is 0 Å². The molecular formula is C12H18Mg. The summed E-state index contributed by atoms with van der Waals surface area (Å²) in [6.45, 7) is 0. The minimum absolute atomic E-state index is 0.417. The second kappa shape index (κ2) is 11.7. The van der Waals surface area contributed by atoms with Gasteiger partial charge in [-0.2, -0.15) is 10.1 Å². The lowest BCUT2D eigenvalue weighted by molar-refractivity contribution is 1.45. The van der Waals surface area contributed by atoms with Gasteiger partial charge in [-0.3, -0.25) is 0 Å². The first kappa shape index (κ1) is 12.7. The molecule has 0 atom stereocenters. The van der Waals surface area contributed by atoms with Gasteiger partial charge in [-0.1, -0.05) is 48.6 Å². The van der Waals surface area contributed by atoms with Gasteiger partial charge in [0.05, 0.1) is 0 Å². The van der Waals surface area contributed by atoms with Gasteiger partial charge < -0.3 is 0 Å². The van der Waals surface area contributed by atoms with E-state index in [9.17, 15) is 0 Å². The summed E-state index contributed by atoms with van der Waals surface area (Å²) in [5, 5.41) is 4.53. The van der Waals surface area contributed by atoms with Crippen LogP contribution in [0.3, 0.4) is 0 Å². The van der Waals surface area contributed by atoms with Crippen LogP contribution in [0.4, 0.5) is 0 Å². The zero-order valence-electron chi connectivity index (χ0n) is 8.74. The minimum atomic E-state index is 0.417. The summed E-state index contributed by atoms with van der Waals surface area (Å²) in [5.41, 5.74) is 0. The molecule has 0 spiro atoms. The zero-order valence-corrected chi connectivity index (χ0v) is 10.2. The van der Waals surface area contributed by atoms with Crippen molar-refractivity contribution in [2.75, 3.05) is 0 Å². The first-order valence-electron chi connectivity index (χ1n) is 5.05. The monoisotopic (exact) mass is 186 g/mol. The molecule has 0 radical (unpaired) electrons. The van der Waals surface area contributed by atoms with Crippen molar-refractivity contribution in [1.29, 1.82) is 0 Å². The molecule has 13 heavy (non-hydrogen) atoms. The average Bonchev–Trinajstić information content (AvgIpc) is 2.85. The van der Waals surface area contributed by atoms with E-state index in [2.05, 4.69) is 58.7 Å². The fourth-order valence-corrected chi connectivity index (χ4v) is 0.786. The number of rotatable bonds is 0. The van der Waals surface area contributed by atoms with E-state index < -0.39 is 0 Å². The van der Waals surface area contributed by atoms with Gasteiger partial charge in [-0.05, 0) is 12.8 Å². The first-order valence-corrected chi connectivity index (χ1v) is 7.88. The fraction of sp³-hybridized carbons (Fsp3) is 0.333. The van der Waals surface area contributed by atoms with Crippen molar-refractivity contribution in [3.63, 3.8) is 0 Å². The smallest absolute Gasteiger partial charge is 0.157 e. The summed E-state index contributed by atoms with van der Waals surface area (Å²) in [5.74, 6) is 0. The molecule has 0 aromatic carbocycles. The Hall–Kier alpha value is -0.274. The third kappa shape index (κ3) is 11.7. The van der Waals surface area contributed by atoms with Gasteiger partial charge in [0, 0.05) is 0 Å². The second-order valence-corrected chi connectivity index (χ2v) is 4.31. The molecule has 2 rings (SSSR count). The number of hydrogen-bond acceptors (Lipinski definition) is 0. The Labute approximate surface area is 91.8 Å². The van der Waals surface area contributed by atoms with Crippen molar-refractivity contribution >= 4 is 20.4 Å². The molecule has 0 aromatic heterocycles. The Morgan fingerprint density at radius 1 is 0.692 bits per heavy atom. The molecule has 1 heteroatoms. The first-order chi connectivity index (χ1) is 6.41. The number of allylic oxidation sites excluding steroid dienone is 8. The van der Waals surface area contributed by atoms with Crippen LogP contribution in [-0.2, 0) is 0 Å². The summed E-state index contributed by atoms with van der Waals surface area (Å²) in [6.07, 6.45) is 19.0. The van der Waals surface area contributed by atoms with Crippen molar-refractivity contribution in [2.45, 2.75) is 22.9 Å². The average molecular weight is 187 g/mol. The minimum Gasteiger partial charge on any atom is -0.157 e. The maximum atomic E-state index is 2.26. The predicted molar refractivity (Wildman–Crippen MR) is 63.3 cm³/mol. The molecule has 0 nitrogen and oxygen atoms in total. The molecule has 0 amide bonds. The van der Waals surface area contributed by atoms with E-state index >= 15 is 0 Å². The molecular weight excluding hydrogens is 168 g/mol. The van der Waals surface area contributed by atoms with Crippen LogP contribution in [0.2, 0.25) is 10.1 Å². The van der Waals surface area contributed by atoms with E-state index in [1.165, 1.54) is 0 Å². The summed E-state index contributed by atoms with van der Waals surface area (Å²) in [6, 6.07) is 0. The predicted octanol–water partition coefficient (Wildman–Crippen LogP) is 3.79. The maximum Gasteiger partial charge on any atom is 0.356 e. The van der Waals surface area contributed by atoms with E-state index in [-0.39, 0.29) is 0 Å². The lowest BCUT2D eigenvalue weighted by atomic mass is 10.5. The summed E-state index contributed by atoms with van der Waals surface area (Å²) in [4.78, 5) is 0. The lowest BCUT2D eigenvalue weighted by Gasteiger charge is -1.57. The highest BCUT2D eigenvalue weighted by atomic mass is 24.5. The van der Waals surface area contributed by atoms with Crippen molar-refractivity contribution in [3.8, 4) is 0 Å². The Kier molecular flexibility index (Phi) is 11.5. The van der Waals surface area contributed by atoms with Crippen LogP contribution in [0, 0.1) is 0 Å². The van der Waals surface area contributed by atoms with Gasteiger partial charge in [0.2, 0.25) is 0 Å². The number of hydrogen-bond donors (Lipinski definition) is 0. The largest absolute Gasteiger partial charge is 0.356 e. The van der Waals surface area contributed by atoms with E-state index in [0.717, 1.165) is 12.8 Å². The van der Waals surface area contributed by atoms with Crippen LogP contribution in [0.1, 0.15) is 12.8 Å². The molecule has 0 aromatic rings. The highest BCUT2D eigenvalue weighted by Crippen LogP contribution is 1.93. The van der Waals surface area contributed by atoms with Crippen LogP contribution in [0.15, 0.2) is 48.6 Å². The highest BCUT2D eigenvalue weighted by Gasteiger charge is 1.72. The van der Waals surface area contributed by atoms with E-state index in [0.29, 0.717) is 20.4 Å². The van der Waals surface area contributed by atoms with Gasteiger partial charge in [0.15, 0.2) is 0 Å². The highest BCUT2D eigenvalue weighted by molar-refractivity contribution is 6.31. The van der Waals surface area contributed by atoms with Crippen molar-refractivity contribution in [2.24, 2.45) is 0 Å². The molecule has 0 saturated heterocycles. The van der Waals surface area contributed by atoms with E-state index in [4.69, 9.17) is 0 Å². The quantitative estimate of drug-likeness (QED) is 0.505. The third-order valence-electron chi connectivity index (χ3n) is 1.31. The third-order valence-corrected chi connectivity index (χ3v) is 1.31. The van der Waals surface area contributed by atoms with Crippen LogP contribution < -0.4 is 0 Å². The van der Waals surface area contributed by atoms with Crippen molar-refractivity contribution in [1.82, 2.24) is 0 Å². The van der Waals surface area contributed by atoms with Gasteiger partial charge in [-0.25, -0.2) is 0 Å². The summed E-state index contributed by atoms with van der Waals surface area (Å²) in [7, 11) is 0. The normalized spacial score (nSPS) is 14.3. The lowest BCUT2D eigenvalue weighted by Crippen LogP contribution is -1.53. The van der Waals surface area contributed by atoms with E-state index in [1.54, 1.807) is 0 Å². The van der Waals surface area contributed by atoms with Crippen LogP contribution in [0.25, 0.3) is 0 Å². The molecule has 2 aliphatic rings. The summed E-state index contributed by atoms with van der Waals surface area (Å²) < 4.78 is 0. The molecule has 0 fully saturated rings. The van der Waals surface area contributed by atoms with Crippen molar-refractivity contribution in [3.05, 3.63) is 48.6 Å². The second-order valence-electron chi connectivity index (χ2n) is 2.89. The molecule has 0 heterocycles. The Morgan fingerprint density at radius 2 is 0.923 bits per heavy atom. The molecule has 0 saturated carbocycles. The SMILES string of the molecule is C1=CCC=C1.C1=CCC=C1.[CH3][Mg][CH3]. The van der Waals surface area contributed by atoms with Crippen LogP contribution in [-0.4, -0.2) is 20.4 Å². The Morgan fingerprint density at radius 3 is 1.00 bits per heavy atom. The van der Waals surface area contributed by atoms with Gasteiger partial charge >= 0.3 is 20.4 Å². The Balaban J connectivity index is 0.000000174. The molecule has 0 N–H and O–H groups in total. The molecule has 0 bridgehead atoms. The van der Waals surface area contributed by atoms with Crippen LogP contribution >= 0.6 is 0 Å². The summed E-state index contributed by atoms with van der Waals surface area (Å²) >= 11 is 0.417. The zero-order chi connectivity index (χ0) is 9.78. The Bertz CT molecular complexity index is 155. The molecule has 2 aliphatic carbocycles. The van der Waals surface area contributed by atoms with Gasteiger partial charge in [0.1, 0.15) is 0 Å². The van der Waals surface area contributed by atoms with E-state index in [1.807, 2.05) is 0 Å². The molecule has 0 unspecified atom stereocenters. The molecule has 68 valence electrons. The van der Waals surface area contributed by atoms with Gasteiger partial charge in [0.25, 0.3) is 0 Å². The standard InChI is InChI=1S/2C5H6.2CH3.Mg/c2*1-2-4-5-3-1;;;/h2*1-4H,5H2;2*1H3;.